The summed E-state index contributed by atoms with van der Waals surface area (Å²) in [5.74, 6) is -0.594. The maximum Gasteiger partial charge on any atom is 0.409 e. The molecule has 1 heterocycles. The van der Waals surface area contributed by atoms with Gasteiger partial charge in [-0.25, -0.2) is 4.79 Å². The summed E-state index contributed by atoms with van der Waals surface area (Å²) < 4.78 is 10.1. The van der Waals surface area contributed by atoms with E-state index in [0.717, 1.165) is 5.56 Å². The van der Waals surface area contributed by atoms with E-state index in [0.29, 0.717) is 32.8 Å². The molecular weight excluding hydrogens is 350 g/mol. The molecule has 0 aromatic heterocycles. The van der Waals surface area contributed by atoms with E-state index in [1.807, 2.05) is 30.3 Å². The Hall–Kier alpha value is -2.61. The largest absolute Gasteiger partial charge is 0.461 e. The molecule has 27 heavy (non-hydrogen) atoms. The third kappa shape index (κ3) is 6.56. The number of ether oxygens (including phenoxy) is 2. The molecule has 148 valence electrons. The Morgan fingerprint density at radius 2 is 1.67 bits per heavy atom. The lowest BCUT2D eigenvalue weighted by molar-refractivity contribution is -0.145. The molecule has 1 aromatic rings. The van der Waals surface area contributed by atoms with Crippen LogP contribution in [0, 0.1) is 0 Å². The minimum absolute atomic E-state index is 0.0858. The van der Waals surface area contributed by atoms with Gasteiger partial charge in [-0.3, -0.25) is 9.59 Å². The van der Waals surface area contributed by atoms with Crippen LogP contribution in [-0.2, 0) is 25.7 Å². The van der Waals surface area contributed by atoms with Gasteiger partial charge >= 0.3 is 12.1 Å². The summed E-state index contributed by atoms with van der Waals surface area (Å²) in [6, 6.07) is 8.63. The fourth-order valence-electron chi connectivity index (χ4n) is 2.77. The fraction of sp³-hybridized carbons (Fsp3) is 0.526. The molecule has 2 amide bonds. The number of carbonyl (C=O) groups excluding carboxylic acids is 3. The molecule has 0 aliphatic carbocycles. The topological polar surface area (TPSA) is 102 Å². The van der Waals surface area contributed by atoms with Crippen LogP contribution < -0.4 is 5.73 Å². The first kappa shape index (κ1) is 20.7. The van der Waals surface area contributed by atoms with Gasteiger partial charge in [0.25, 0.3) is 0 Å². The van der Waals surface area contributed by atoms with Gasteiger partial charge in [0.2, 0.25) is 5.91 Å². The van der Waals surface area contributed by atoms with Crippen molar-refractivity contribution in [1.82, 2.24) is 9.80 Å². The van der Waals surface area contributed by atoms with Crippen LogP contribution in [0.15, 0.2) is 30.3 Å². The zero-order valence-electron chi connectivity index (χ0n) is 15.6. The normalized spacial score (nSPS) is 15.2. The maximum absolute atomic E-state index is 12.4. The van der Waals surface area contributed by atoms with Crippen LogP contribution in [-0.4, -0.2) is 66.6 Å². The Labute approximate surface area is 159 Å². The molecule has 0 saturated carbocycles. The van der Waals surface area contributed by atoms with Gasteiger partial charge in [-0.1, -0.05) is 30.3 Å². The zero-order chi connectivity index (χ0) is 19.6. The first-order chi connectivity index (χ1) is 13.0. The molecule has 0 radical (unpaired) electrons. The number of nitrogens with zero attached hydrogens (tertiary/aromatic N) is 2. The van der Waals surface area contributed by atoms with E-state index >= 15 is 0 Å². The number of carbonyl (C=O) groups is 3. The SMILES string of the molecule is CCOC(=O)N1CCN(C(=O)C(N)CCC(=O)OCc2ccccc2)CC1. The Kier molecular flexibility index (Phi) is 8.06. The number of hydrogen-bond acceptors (Lipinski definition) is 6. The molecule has 8 nitrogen and oxygen atoms in total. The number of esters is 1. The van der Waals surface area contributed by atoms with Crippen LogP contribution in [0.1, 0.15) is 25.3 Å². The predicted molar refractivity (Wildman–Crippen MR) is 98.6 cm³/mol. The van der Waals surface area contributed by atoms with Crippen molar-refractivity contribution in [2.24, 2.45) is 5.73 Å². The highest BCUT2D eigenvalue weighted by Gasteiger charge is 2.28. The van der Waals surface area contributed by atoms with Gasteiger partial charge in [0, 0.05) is 32.6 Å². The minimum Gasteiger partial charge on any atom is -0.461 e. The van der Waals surface area contributed by atoms with E-state index in [4.69, 9.17) is 15.2 Å². The van der Waals surface area contributed by atoms with E-state index in [1.54, 1.807) is 16.7 Å². The molecule has 8 heteroatoms. The Bertz CT molecular complexity index is 629. The summed E-state index contributed by atoms with van der Waals surface area (Å²) in [6.45, 7) is 3.92. The van der Waals surface area contributed by atoms with Crippen molar-refractivity contribution in [3.05, 3.63) is 35.9 Å². The summed E-state index contributed by atoms with van der Waals surface area (Å²) in [5, 5.41) is 0. The fourth-order valence-corrected chi connectivity index (χ4v) is 2.77. The second kappa shape index (κ2) is 10.5. The van der Waals surface area contributed by atoms with Gasteiger partial charge in [0.1, 0.15) is 6.61 Å². The molecular formula is C19H27N3O5. The molecule has 0 spiro atoms. The smallest absolute Gasteiger partial charge is 0.409 e. The monoisotopic (exact) mass is 377 g/mol. The molecule has 0 bridgehead atoms. The molecule has 1 saturated heterocycles. The van der Waals surface area contributed by atoms with Crippen molar-refractivity contribution < 1.29 is 23.9 Å². The van der Waals surface area contributed by atoms with Crippen molar-refractivity contribution in [2.45, 2.75) is 32.4 Å². The lowest BCUT2D eigenvalue weighted by Gasteiger charge is -2.35. The van der Waals surface area contributed by atoms with E-state index in [-0.39, 0.29) is 37.4 Å². The highest BCUT2D eigenvalue weighted by Crippen LogP contribution is 2.09. The second-order valence-corrected chi connectivity index (χ2v) is 6.30. The van der Waals surface area contributed by atoms with Crippen LogP contribution in [0.4, 0.5) is 4.79 Å². The maximum atomic E-state index is 12.4. The number of hydrogen-bond donors (Lipinski definition) is 1. The molecule has 1 aliphatic heterocycles. The molecule has 1 atom stereocenters. The van der Waals surface area contributed by atoms with Crippen LogP contribution >= 0.6 is 0 Å². The first-order valence-corrected chi connectivity index (χ1v) is 9.17. The molecule has 1 aromatic carbocycles. The first-order valence-electron chi connectivity index (χ1n) is 9.17. The van der Waals surface area contributed by atoms with Crippen LogP contribution in [0.25, 0.3) is 0 Å². The van der Waals surface area contributed by atoms with E-state index in [2.05, 4.69) is 0 Å². The minimum atomic E-state index is -0.761. The quantitative estimate of drug-likeness (QED) is 0.715. The molecule has 2 rings (SSSR count). The van der Waals surface area contributed by atoms with Crippen molar-refractivity contribution in [2.75, 3.05) is 32.8 Å². The zero-order valence-corrected chi connectivity index (χ0v) is 15.6. The van der Waals surface area contributed by atoms with Crippen LogP contribution in [0.3, 0.4) is 0 Å². The molecule has 1 fully saturated rings. The number of piperazine rings is 1. The van der Waals surface area contributed by atoms with Crippen molar-refractivity contribution in [1.29, 1.82) is 0 Å². The number of nitrogens with two attached hydrogens (primary N) is 1. The lowest BCUT2D eigenvalue weighted by Crippen LogP contribution is -2.54. The summed E-state index contributed by atoms with van der Waals surface area (Å²) in [7, 11) is 0. The molecule has 2 N–H and O–H groups in total. The van der Waals surface area contributed by atoms with Gasteiger partial charge in [-0.15, -0.1) is 0 Å². The van der Waals surface area contributed by atoms with Gasteiger partial charge in [-0.05, 0) is 18.9 Å². The predicted octanol–water partition coefficient (Wildman–Crippen LogP) is 1.14. The van der Waals surface area contributed by atoms with Gasteiger partial charge in [0.15, 0.2) is 0 Å². The van der Waals surface area contributed by atoms with E-state index in [1.165, 1.54) is 0 Å². The van der Waals surface area contributed by atoms with Crippen molar-refractivity contribution in [3.63, 3.8) is 0 Å². The Morgan fingerprint density at radius 3 is 2.30 bits per heavy atom. The summed E-state index contributed by atoms with van der Waals surface area (Å²) in [4.78, 5) is 39.1. The lowest BCUT2D eigenvalue weighted by atomic mass is 10.1. The highest BCUT2D eigenvalue weighted by molar-refractivity contribution is 5.82. The van der Waals surface area contributed by atoms with Crippen molar-refractivity contribution in [3.8, 4) is 0 Å². The standard InChI is InChI=1S/C19H27N3O5/c1-2-26-19(25)22-12-10-21(11-13-22)18(24)16(20)8-9-17(23)27-14-15-6-4-3-5-7-15/h3-7,16H,2,8-14,20H2,1H3. The molecule has 1 unspecified atom stereocenters. The Morgan fingerprint density at radius 1 is 1.04 bits per heavy atom. The van der Waals surface area contributed by atoms with E-state index < -0.39 is 6.04 Å². The Balaban J connectivity index is 1.68. The number of benzene rings is 1. The number of amides is 2. The highest BCUT2D eigenvalue weighted by atomic mass is 16.6. The van der Waals surface area contributed by atoms with Gasteiger partial charge in [-0.2, -0.15) is 0 Å². The van der Waals surface area contributed by atoms with Gasteiger partial charge in [0.05, 0.1) is 12.6 Å². The van der Waals surface area contributed by atoms with E-state index in [9.17, 15) is 14.4 Å². The summed E-state index contributed by atoms with van der Waals surface area (Å²) >= 11 is 0. The number of rotatable bonds is 7. The third-order valence-corrected chi connectivity index (χ3v) is 4.34. The van der Waals surface area contributed by atoms with Crippen molar-refractivity contribution >= 4 is 18.0 Å². The molecule has 1 aliphatic rings. The van der Waals surface area contributed by atoms with Crippen LogP contribution in [0.5, 0.6) is 0 Å². The summed E-state index contributed by atoms with van der Waals surface area (Å²) in [5.41, 5.74) is 6.85. The van der Waals surface area contributed by atoms with Gasteiger partial charge < -0.3 is 25.0 Å². The average Bonchev–Trinajstić information content (AvgIpc) is 2.71. The summed E-state index contributed by atoms with van der Waals surface area (Å²) in [6.07, 6.45) is -0.0531. The average molecular weight is 377 g/mol. The second-order valence-electron chi connectivity index (χ2n) is 6.30. The third-order valence-electron chi connectivity index (χ3n) is 4.34. The van der Waals surface area contributed by atoms with Crippen LogP contribution in [0.2, 0.25) is 0 Å².